The van der Waals surface area contributed by atoms with E-state index in [-0.39, 0.29) is 18.1 Å². The van der Waals surface area contributed by atoms with Crippen molar-refractivity contribution >= 4 is 17.3 Å². The van der Waals surface area contributed by atoms with Gasteiger partial charge in [0.05, 0.1) is 29.7 Å². The predicted octanol–water partition coefficient (Wildman–Crippen LogP) is 3.96. The first-order valence-electron chi connectivity index (χ1n) is 9.16. The Balaban J connectivity index is 1.88. The van der Waals surface area contributed by atoms with Crippen LogP contribution in [0.15, 0.2) is 61.1 Å². The molecule has 1 N–H and O–H groups in total. The molecule has 3 aromatic rings. The van der Waals surface area contributed by atoms with Gasteiger partial charge in [-0.15, -0.1) is 0 Å². The molecule has 2 atom stereocenters. The zero-order chi connectivity index (χ0) is 19.0. The summed E-state index contributed by atoms with van der Waals surface area (Å²) >= 11 is 5.70. The van der Waals surface area contributed by atoms with Gasteiger partial charge in [0, 0.05) is 29.8 Å². The Morgan fingerprint density at radius 2 is 1.93 bits per heavy atom. The summed E-state index contributed by atoms with van der Waals surface area (Å²) in [4.78, 5) is 11.2. The number of thiocarbonyl (C=S) groups is 1. The standard InChI is InChI=1S/C21H23N5S/c1-14(2)25-20(19(24-21(25)27)17-8-4-5-12-23-17)18-10-9-15(3)26(18)16-7-6-11-22-13-16/h4-14,19-20H,1-3H3,(H,24,27)/t19-,20+/m1/s1. The normalized spacial score (nSPS) is 19.6. The maximum atomic E-state index is 5.70. The van der Waals surface area contributed by atoms with Crippen LogP contribution in [0.4, 0.5) is 0 Å². The lowest BCUT2D eigenvalue weighted by molar-refractivity contribution is 0.262. The maximum absolute atomic E-state index is 5.70. The fourth-order valence-corrected chi connectivity index (χ4v) is 4.32. The molecule has 3 aromatic heterocycles. The fraction of sp³-hybridized carbons (Fsp3) is 0.286. The molecule has 1 aliphatic rings. The minimum Gasteiger partial charge on any atom is -0.352 e. The highest BCUT2D eigenvalue weighted by molar-refractivity contribution is 7.80. The number of hydrogen-bond donors (Lipinski definition) is 1. The van der Waals surface area contributed by atoms with Gasteiger partial charge in [0.2, 0.25) is 0 Å². The summed E-state index contributed by atoms with van der Waals surface area (Å²) in [7, 11) is 0. The summed E-state index contributed by atoms with van der Waals surface area (Å²) in [6.07, 6.45) is 5.53. The lowest BCUT2D eigenvalue weighted by atomic mass is 10.0. The van der Waals surface area contributed by atoms with Crippen LogP contribution in [-0.4, -0.2) is 30.6 Å². The Kier molecular flexibility index (Phi) is 4.66. The highest BCUT2D eigenvalue weighted by Gasteiger charge is 2.42. The summed E-state index contributed by atoms with van der Waals surface area (Å²) in [6, 6.07) is 14.7. The second-order valence-corrected chi connectivity index (χ2v) is 7.46. The van der Waals surface area contributed by atoms with Crippen LogP contribution in [0, 0.1) is 6.92 Å². The first-order chi connectivity index (χ1) is 13.1. The highest BCUT2D eigenvalue weighted by Crippen LogP contribution is 2.41. The smallest absolute Gasteiger partial charge is 0.170 e. The first-order valence-corrected chi connectivity index (χ1v) is 9.57. The molecule has 1 saturated heterocycles. The van der Waals surface area contributed by atoms with Crippen LogP contribution in [0.25, 0.3) is 5.69 Å². The van der Waals surface area contributed by atoms with Crippen LogP contribution in [0.5, 0.6) is 0 Å². The second-order valence-electron chi connectivity index (χ2n) is 7.07. The largest absolute Gasteiger partial charge is 0.352 e. The van der Waals surface area contributed by atoms with Crippen molar-refractivity contribution in [3.8, 4) is 5.69 Å². The lowest BCUT2D eigenvalue weighted by Crippen LogP contribution is -2.36. The van der Waals surface area contributed by atoms with E-state index < -0.39 is 0 Å². The van der Waals surface area contributed by atoms with Crippen molar-refractivity contribution in [1.82, 2.24) is 24.8 Å². The van der Waals surface area contributed by atoms with E-state index in [1.54, 1.807) is 6.20 Å². The molecule has 0 saturated carbocycles. The average molecular weight is 378 g/mol. The predicted molar refractivity (Wildman–Crippen MR) is 111 cm³/mol. The molecule has 6 heteroatoms. The highest BCUT2D eigenvalue weighted by atomic mass is 32.1. The summed E-state index contributed by atoms with van der Waals surface area (Å²) < 4.78 is 2.26. The maximum Gasteiger partial charge on any atom is 0.170 e. The summed E-state index contributed by atoms with van der Waals surface area (Å²) in [5.41, 5.74) is 4.39. The molecule has 4 rings (SSSR count). The van der Waals surface area contributed by atoms with Gasteiger partial charge in [0.25, 0.3) is 0 Å². The van der Waals surface area contributed by atoms with Gasteiger partial charge in [-0.05, 0) is 69.4 Å². The molecule has 0 aromatic carbocycles. The number of pyridine rings is 2. The molecule has 0 bridgehead atoms. The molecular weight excluding hydrogens is 354 g/mol. The molecule has 0 amide bonds. The molecule has 0 aliphatic carbocycles. The van der Waals surface area contributed by atoms with Crippen molar-refractivity contribution in [3.63, 3.8) is 0 Å². The van der Waals surface area contributed by atoms with Crippen LogP contribution < -0.4 is 5.32 Å². The summed E-state index contributed by atoms with van der Waals surface area (Å²) in [5, 5.41) is 4.27. The van der Waals surface area contributed by atoms with Crippen molar-refractivity contribution < 1.29 is 0 Å². The van der Waals surface area contributed by atoms with Crippen molar-refractivity contribution in [3.05, 3.63) is 78.1 Å². The average Bonchev–Trinajstić information content (AvgIpc) is 3.22. The SMILES string of the molecule is Cc1ccc([C@H]2[C@@H](c3ccccn3)NC(=S)N2C(C)C)n1-c1cccnc1. The van der Waals surface area contributed by atoms with Gasteiger partial charge < -0.3 is 14.8 Å². The van der Waals surface area contributed by atoms with E-state index in [1.165, 1.54) is 11.4 Å². The zero-order valence-electron chi connectivity index (χ0n) is 15.7. The fourth-order valence-electron chi connectivity index (χ4n) is 3.87. The number of aromatic nitrogens is 3. The van der Waals surface area contributed by atoms with E-state index in [1.807, 2.05) is 30.6 Å². The van der Waals surface area contributed by atoms with E-state index in [4.69, 9.17) is 12.2 Å². The number of nitrogens with zero attached hydrogens (tertiary/aromatic N) is 4. The van der Waals surface area contributed by atoms with Gasteiger partial charge in [-0.2, -0.15) is 0 Å². The first kappa shape index (κ1) is 17.7. The number of aryl methyl sites for hydroxylation is 1. The van der Waals surface area contributed by atoms with Crippen LogP contribution in [0.3, 0.4) is 0 Å². The third kappa shape index (κ3) is 3.10. The molecule has 0 spiro atoms. The van der Waals surface area contributed by atoms with E-state index >= 15 is 0 Å². The van der Waals surface area contributed by atoms with Gasteiger partial charge >= 0.3 is 0 Å². The molecule has 138 valence electrons. The van der Waals surface area contributed by atoms with Crippen LogP contribution in [0.2, 0.25) is 0 Å². The third-order valence-corrected chi connectivity index (χ3v) is 5.33. The van der Waals surface area contributed by atoms with Crippen molar-refractivity contribution in [2.75, 3.05) is 0 Å². The van der Waals surface area contributed by atoms with Gasteiger partial charge in [-0.1, -0.05) is 6.07 Å². The number of hydrogen-bond acceptors (Lipinski definition) is 3. The zero-order valence-corrected chi connectivity index (χ0v) is 16.5. The van der Waals surface area contributed by atoms with Gasteiger partial charge in [-0.25, -0.2) is 0 Å². The Bertz CT molecular complexity index is 936. The molecule has 1 aliphatic heterocycles. The number of rotatable bonds is 4. The second kappa shape index (κ2) is 7.12. The summed E-state index contributed by atoms with van der Waals surface area (Å²) in [6.45, 7) is 6.46. The molecule has 1 fully saturated rings. The van der Waals surface area contributed by atoms with Gasteiger partial charge in [-0.3, -0.25) is 9.97 Å². The van der Waals surface area contributed by atoms with E-state index in [9.17, 15) is 0 Å². The van der Waals surface area contributed by atoms with E-state index in [0.29, 0.717) is 0 Å². The number of nitrogens with one attached hydrogen (secondary N) is 1. The lowest BCUT2D eigenvalue weighted by Gasteiger charge is -2.32. The van der Waals surface area contributed by atoms with Crippen molar-refractivity contribution in [1.29, 1.82) is 0 Å². The molecular formula is C21H23N5S. The minimum absolute atomic E-state index is 0.00850. The van der Waals surface area contributed by atoms with Crippen LogP contribution >= 0.6 is 12.2 Å². The monoisotopic (exact) mass is 377 g/mol. The minimum atomic E-state index is -0.00850. The van der Waals surface area contributed by atoms with Gasteiger partial charge in [0.1, 0.15) is 0 Å². The molecule has 4 heterocycles. The quantitative estimate of drug-likeness (QED) is 0.698. The van der Waals surface area contributed by atoms with E-state index in [2.05, 4.69) is 69.8 Å². The third-order valence-electron chi connectivity index (χ3n) is 5.01. The Morgan fingerprint density at radius 1 is 1.07 bits per heavy atom. The van der Waals surface area contributed by atoms with E-state index in [0.717, 1.165) is 16.5 Å². The summed E-state index contributed by atoms with van der Waals surface area (Å²) in [5.74, 6) is 0. The molecule has 0 radical (unpaired) electrons. The Hall–Kier alpha value is -2.73. The van der Waals surface area contributed by atoms with Gasteiger partial charge in [0.15, 0.2) is 5.11 Å². The Labute approximate surface area is 165 Å². The van der Waals surface area contributed by atoms with Crippen molar-refractivity contribution in [2.45, 2.75) is 38.9 Å². The molecule has 27 heavy (non-hydrogen) atoms. The van der Waals surface area contributed by atoms with Crippen LogP contribution in [0.1, 0.15) is 43.0 Å². The van der Waals surface area contributed by atoms with Crippen molar-refractivity contribution in [2.24, 2.45) is 0 Å². The van der Waals surface area contributed by atoms with Crippen LogP contribution in [-0.2, 0) is 0 Å². The Morgan fingerprint density at radius 3 is 2.59 bits per heavy atom. The topological polar surface area (TPSA) is 46.0 Å². The molecule has 0 unspecified atom stereocenters. The molecule has 5 nitrogen and oxygen atoms in total.